The summed E-state index contributed by atoms with van der Waals surface area (Å²) < 4.78 is 0. The number of carbonyl (C=O) groups excluding carboxylic acids is 1. The van der Waals surface area contributed by atoms with Crippen molar-refractivity contribution in [1.82, 2.24) is 5.32 Å². The summed E-state index contributed by atoms with van der Waals surface area (Å²) in [4.78, 5) is 12.5. The smallest absolute Gasteiger partial charge is 0.220 e. The molecule has 0 aromatic heterocycles. The van der Waals surface area contributed by atoms with E-state index in [-0.39, 0.29) is 12.5 Å². The molecule has 0 heterocycles. The van der Waals surface area contributed by atoms with E-state index in [9.17, 15) is 15.0 Å². The second-order valence-electron chi connectivity index (χ2n) is 20.1. The van der Waals surface area contributed by atoms with E-state index in [0.29, 0.717) is 12.8 Å². The minimum Gasteiger partial charge on any atom is -0.394 e. The predicted molar refractivity (Wildman–Crippen MR) is 272 cm³/mol. The summed E-state index contributed by atoms with van der Waals surface area (Å²) in [5.74, 6) is -0.0231. The van der Waals surface area contributed by atoms with Crippen LogP contribution in [0.3, 0.4) is 0 Å². The van der Waals surface area contributed by atoms with Gasteiger partial charge in [-0.15, -0.1) is 0 Å². The molecule has 3 N–H and O–H groups in total. The molecule has 0 saturated heterocycles. The lowest BCUT2D eigenvalue weighted by molar-refractivity contribution is -0.123. The van der Waals surface area contributed by atoms with Crippen LogP contribution in [-0.4, -0.2) is 34.9 Å². The third-order valence-corrected chi connectivity index (χ3v) is 13.9. The van der Waals surface area contributed by atoms with Crippen molar-refractivity contribution in [3.05, 3.63) is 0 Å². The van der Waals surface area contributed by atoms with Crippen LogP contribution in [0.1, 0.15) is 341 Å². The van der Waals surface area contributed by atoms with E-state index in [4.69, 9.17) is 0 Å². The number of unbranched alkanes of at least 4 members (excludes halogenated alkanes) is 47. The summed E-state index contributed by atoms with van der Waals surface area (Å²) in [6, 6.07) is -0.530. The third kappa shape index (κ3) is 50.3. The summed E-state index contributed by atoms with van der Waals surface area (Å²) in [5, 5.41) is 23.3. The van der Waals surface area contributed by atoms with Gasteiger partial charge in [-0.05, 0) is 12.8 Å². The zero-order valence-electron chi connectivity index (χ0n) is 42.2. The number of nitrogens with one attached hydrogen (secondary N) is 1. The summed E-state index contributed by atoms with van der Waals surface area (Å²) in [6.07, 6.45) is 68.3. The Morgan fingerprint density at radius 1 is 0.328 bits per heavy atom. The molecule has 0 aromatic carbocycles. The van der Waals surface area contributed by atoms with Crippen LogP contribution in [0.25, 0.3) is 0 Å². The third-order valence-electron chi connectivity index (χ3n) is 13.9. The molecule has 0 saturated carbocycles. The van der Waals surface area contributed by atoms with Crippen molar-refractivity contribution in [3.8, 4) is 0 Å². The summed E-state index contributed by atoms with van der Waals surface area (Å²) >= 11 is 0. The highest BCUT2D eigenvalue weighted by atomic mass is 16.3. The molecule has 0 spiro atoms. The molecule has 4 nitrogen and oxygen atoms in total. The zero-order chi connectivity index (χ0) is 44.2. The van der Waals surface area contributed by atoms with E-state index >= 15 is 0 Å². The molecule has 0 aliphatic rings. The SMILES string of the molecule is CCCCCCCCCCCCCCCCCCCCCCCCCCCCCCCCCCCCCC(=O)N[C@@H](CO)[C@H](O)CCCCCCCCCCCCCCCC. The molecule has 0 aliphatic heterocycles. The minimum absolute atomic E-state index is 0.0231. The molecule has 0 aromatic rings. The lowest BCUT2D eigenvalue weighted by Crippen LogP contribution is -2.45. The second-order valence-corrected chi connectivity index (χ2v) is 20.1. The van der Waals surface area contributed by atoms with Gasteiger partial charge in [-0.25, -0.2) is 0 Å². The Bertz CT molecular complexity index is 803. The number of aliphatic hydroxyl groups is 2. The molecular weight excluding hydrogens is 747 g/mol. The predicted octanol–water partition coefficient (Wildman–Crippen LogP) is 18.8. The molecule has 2 atom stereocenters. The van der Waals surface area contributed by atoms with Crippen molar-refractivity contribution in [2.45, 2.75) is 353 Å². The van der Waals surface area contributed by atoms with Gasteiger partial charge in [-0.2, -0.15) is 0 Å². The molecule has 1 amide bonds. The fourth-order valence-electron chi connectivity index (χ4n) is 9.48. The van der Waals surface area contributed by atoms with Crippen molar-refractivity contribution < 1.29 is 15.0 Å². The molecule has 366 valence electrons. The number of rotatable bonds is 54. The zero-order valence-corrected chi connectivity index (χ0v) is 42.2. The van der Waals surface area contributed by atoms with Crippen LogP contribution in [0, 0.1) is 0 Å². The Balaban J connectivity index is 3.33. The fourth-order valence-corrected chi connectivity index (χ4v) is 9.48. The number of hydrogen-bond acceptors (Lipinski definition) is 3. The maximum absolute atomic E-state index is 12.5. The van der Waals surface area contributed by atoms with Gasteiger partial charge in [-0.1, -0.05) is 322 Å². The maximum atomic E-state index is 12.5. The van der Waals surface area contributed by atoms with Crippen LogP contribution < -0.4 is 5.32 Å². The first-order valence-corrected chi connectivity index (χ1v) is 28.7. The van der Waals surface area contributed by atoms with Gasteiger partial charge in [0.1, 0.15) is 0 Å². The molecular formula is C57H115NO3. The standard InChI is InChI=1S/C57H115NO3/c1-3-5-7-9-11-13-15-17-19-20-21-22-23-24-25-26-27-28-29-30-31-32-33-34-35-36-37-38-39-41-43-45-47-49-51-53-57(61)58-55(54-59)56(60)52-50-48-46-44-42-40-18-16-14-12-10-8-6-4-2/h55-56,59-60H,3-54H2,1-2H3,(H,58,61)/t55-,56+/m0/s1. The second kappa shape index (κ2) is 53.7. The Kier molecular flexibility index (Phi) is 53.2. The molecule has 61 heavy (non-hydrogen) atoms. The molecule has 0 aliphatic carbocycles. The largest absolute Gasteiger partial charge is 0.394 e. The monoisotopic (exact) mass is 862 g/mol. The number of carbonyl (C=O) groups is 1. The Morgan fingerprint density at radius 3 is 0.738 bits per heavy atom. The van der Waals surface area contributed by atoms with E-state index in [0.717, 1.165) is 25.7 Å². The summed E-state index contributed by atoms with van der Waals surface area (Å²) in [6.45, 7) is 4.40. The van der Waals surface area contributed by atoms with Gasteiger partial charge < -0.3 is 15.5 Å². The van der Waals surface area contributed by atoms with Crippen LogP contribution >= 0.6 is 0 Å². The molecule has 0 bridgehead atoms. The first-order chi connectivity index (χ1) is 30.2. The highest BCUT2D eigenvalue weighted by Crippen LogP contribution is 2.19. The van der Waals surface area contributed by atoms with E-state index in [2.05, 4.69) is 19.2 Å². The quantitative estimate of drug-likeness (QED) is 0.0534. The van der Waals surface area contributed by atoms with Gasteiger partial charge in [0.05, 0.1) is 18.8 Å². The van der Waals surface area contributed by atoms with Gasteiger partial charge >= 0.3 is 0 Å². The van der Waals surface area contributed by atoms with Crippen LogP contribution in [0.2, 0.25) is 0 Å². The lowest BCUT2D eigenvalue weighted by atomic mass is 10.0. The van der Waals surface area contributed by atoms with Crippen LogP contribution in [0.15, 0.2) is 0 Å². The molecule has 0 fully saturated rings. The van der Waals surface area contributed by atoms with Crippen molar-refractivity contribution >= 4 is 5.91 Å². The Morgan fingerprint density at radius 2 is 0.525 bits per heavy atom. The van der Waals surface area contributed by atoms with Gasteiger partial charge in [-0.3, -0.25) is 4.79 Å². The molecule has 0 rings (SSSR count). The average Bonchev–Trinajstić information content (AvgIpc) is 3.26. The van der Waals surface area contributed by atoms with E-state index < -0.39 is 12.1 Å². The summed E-state index contributed by atoms with van der Waals surface area (Å²) in [5.41, 5.74) is 0. The van der Waals surface area contributed by atoms with Gasteiger partial charge in [0.25, 0.3) is 0 Å². The topological polar surface area (TPSA) is 69.6 Å². The number of amides is 1. The van der Waals surface area contributed by atoms with Crippen molar-refractivity contribution in [3.63, 3.8) is 0 Å². The first-order valence-electron chi connectivity index (χ1n) is 28.7. The van der Waals surface area contributed by atoms with Gasteiger partial charge in [0, 0.05) is 6.42 Å². The maximum Gasteiger partial charge on any atom is 0.220 e. The van der Waals surface area contributed by atoms with E-state index in [1.165, 1.54) is 289 Å². The van der Waals surface area contributed by atoms with Crippen LogP contribution in [0.4, 0.5) is 0 Å². The van der Waals surface area contributed by atoms with E-state index in [1.54, 1.807) is 0 Å². The average molecular weight is 863 g/mol. The Hall–Kier alpha value is -0.610. The van der Waals surface area contributed by atoms with Crippen molar-refractivity contribution in [1.29, 1.82) is 0 Å². The fraction of sp³-hybridized carbons (Fsp3) is 0.982. The number of aliphatic hydroxyl groups excluding tert-OH is 2. The van der Waals surface area contributed by atoms with Gasteiger partial charge in [0.2, 0.25) is 5.91 Å². The minimum atomic E-state index is -0.654. The molecule has 4 heteroatoms. The van der Waals surface area contributed by atoms with Crippen molar-refractivity contribution in [2.75, 3.05) is 6.61 Å². The first kappa shape index (κ1) is 60.4. The van der Waals surface area contributed by atoms with Crippen molar-refractivity contribution in [2.24, 2.45) is 0 Å². The van der Waals surface area contributed by atoms with Gasteiger partial charge in [0.15, 0.2) is 0 Å². The normalized spacial score (nSPS) is 12.7. The lowest BCUT2D eigenvalue weighted by Gasteiger charge is -2.22. The Labute approximate surface area is 384 Å². The highest BCUT2D eigenvalue weighted by Gasteiger charge is 2.20. The van der Waals surface area contributed by atoms with Crippen LogP contribution in [-0.2, 0) is 4.79 Å². The highest BCUT2D eigenvalue weighted by molar-refractivity contribution is 5.76. The number of hydrogen-bond donors (Lipinski definition) is 3. The molecule has 0 radical (unpaired) electrons. The van der Waals surface area contributed by atoms with E-state index in [1.807, 2.05) is 0 Å². The summed E-state index contributed by atoms with van der Waals surface area (Å²) in [7, 11) is 0. The molecule has 0 unspecified atom stereocenters. The van der Waals surface area contributed by atoms with Crippen LogP contribution in [0.5, 0.6) is 0 Å².